The van der Waals surface area contributed by atoms with Crippen LogP contribution in [0.5, 0.6) is 0 Å². The maximum atomic E-state index is 5.78. The Morgan fingerprint density at radius 2 is 2.20 bits per heavy atom. The molecule has 0 aliphatic heterocycles. The topological polar surface area (TPSA) is 0 Å². The normalized spacial score (nSPS) is 13.9. The minimum absolute atomic E-state index is 0.566. The molecule has 0 bridgehead atoms. The number of rotatable bonds is 4. The van der Waals surface area contributed by atoms with E-state index < -0.39 is 0 Å². The zero-order valence-corrected chi connectivity index (χ0v) is 7.22. The molecule has 1 radical (unpaired) electrons. The molecule has 0 heterocycles. The first kappa shape index (κ1) is 9.48. The Morgan fingerprint density at radius 3 is 2.60 bits per heavy atom. The molecule has 1 atom stereocenters. The quantitative estimate of drug-likeness (QED) is 0.521. The molecule has 0 nitrogen and oxygen atoms in total. The highest BCUT2D eigenvalue weighted by atomic mass is 14.1. The summed E-state index contributed by atoms with van der Waals surface area (Å²) in [4.78, 5) is 0. The van der Waals surface area contributed by atoms with Gasteiger partial charge in [-0.25, -0.2) is 0 Å². The molecule has 1 unspecified atom stereocenters. The van der Waals surface area contributed by atoms with Crippen molar-refractivity contribution in [2.45, 2.75) is 33.6 Å². The van der Waals surface area contributed by atoms with Crippen LogP contribution in [0.15, 0.2) is 17.7 Å². The first-order chi connectivity index (χ1) is 4.72. The minimum Gasteiger partial charge on any atom is -0.0913 e. The predicted molar refractivity (Wildman–Crippen MR) is 46.7 cm³/mol. The largest absolute Gasteiger partial charge is 0.0913 e. The third-order valence-corrected chi connectivity index (χ3v) is 1.83. The third kappa shape index (κ3) is 3.49. The summed E-state index contributed by atoms with van der Waals surface area (Å²) < 4.78 is 0. The Balaban J connectivity index is 3.62. The van der Waals surface area contributed by atoms with E-state index in [1.807, 2.05) is 13.0 Å². The summed E-state index contributed by atoms with van der Waals surface area (Å²) in [5.74, 6) is 0.566. The summed E-state index contributed by atoms with van der Waals surface area (Å²) in [5.41, 5.74) is 1.10. The second-order valence-electron chi connectivity index (χ2n) is 2.66. The van der Waals surface area contributed by atoms with Crippen molar-refractivity contribution in [1.82, 2.24) is 0 Å². The molecule has 0 heteroatoms. The fourth-order valence-corrected chi connectivity index (χ4v) is 0.717. The lowest BCUT2D eigenvalue weighted by molar-refractivity contribution is 0.643. The Bertz CT molecular complexity index is 120. The van der Waals surface area contributed by atoms with Crippen LogP contribution in [-0.4, -0.2) is 0 Å². The molecule has 0 aromatic rings. The average molecular weight is 137 g/mol. The third-order valence-electron chi connectivity index (χ3n) is 1.83. The molecule has 0 spiro atoms. The van der Waals surface area contributed by atoms with Gasteiger partial charge in [-0.15, -0.1) is 0 Å². The van der Waals surface area contributed by atoms with Crippen LogP contribution in [0.4, 0.5) is 0 Å². The summed E-state index contributed by atoms with van der Waals surface area (Å²) in [6.45, 7) is 12.1. The monoisotopic (exact) mass is 137 g/mol. The highest BCUT2D eigenvalue weighted by molar-refractivity contribution is 5.02. The van der Waals surface area contributed by atoms with Crippen LogP contribution < -0.4 is 0 Å². The van der Waals surface area contributed by atoms with Gasteiger partial charge in [0.1, 0.15) is 0 Å². The maximum Gasteiger partial charge on any atom is -0.0133 e. The zero-order valence-electron chi connectivity index (χ0n) is 7.22. The van der Waals surface area contributed by atoms with Crippen molar-refractivity contribution in [3.8, 4) is 0 Å². The van der Waals surface area contributed by atoms with Crippen molar-refractivity contribution in [1.29, 1.82) is 0 Å². The second-order valence-corrected chi connectivity index (χ2v) is 2.66. The molecule has 10 heavy (non-hydrogen) atoms. The van der Waals surface area contributed by atoms with Crippen LogP contribution in [0.3, 0.4) is 0 Å². The van der Waals surface area contributed by atoms with Crippen LogP contribution in [0.1, 0.15) is 33.6 Å². The van der Waals surface area contributed by atoms with Gasteiger partial charge in [-0.05, 0) is 25.7 Å². The van der Waals surface area contributed by atoms with Crippen molar-refractivity contribution in [3.63, 3.8) is 0 Å². The fourth-order valence-electron chi connectivity index (χ4n) is 0.717. The Hall–Kier alpha value is -0.520. The highest BCUT2D eigenvalue weighted by Gasteiger charge is 2.00. The summed E-state index contributed by atoms with van der Waals surface area (Å²) in [6.07, 6.45) is 6.21. The SMILES string of the molecule is [CH]=C(CC=CC)C(C)CC. The fraction of sp³-hybridized carbons (Fsp3) is 0.600. The molecule has 0 aromatic carbocycles. The van der Waals surface area contributed by atoms with Gasteiger partial charge in [0.25, 0.3) is 0 Å². The van der Waals surface area contributed by atoms with E-state index in [4.69, 9.17) is 6.58 Å². The molecule has 0 saturated heterocycles. The minimum atomic E-state index is 0.566. The van der Waals surface area contributed by atoms with E-state index >= 15 is 0 Å². The van der Waals surface area contributed by atoms with Gasteiger partial charge in [-0.2, -0.15) is 0 Å². The van der Waals surface area contributed by atoms with E-state index in [1.54, 1.807) is 0 Å². The van der Waals surface area contributed by atoms with Crippen molar-refractivity contribution in [3.05, 3.63) is 24.3 Å². The van der Waals surface area contributed by atoms with Gasteiger partial charge in [0.2, 0.25) is 0 Å². The van der Waals surface area contributed by atoms with E-state index in [2.05, 4.69) is 19.9 Å². The molecule has 0 aliphatic rings. The highest BCUT2D eigenvalue weighted by Crippen LogP contribution is 2.15. The molecule has 0 aliphatic carbocycles. The Morgan fingerprint density at radius 1 is 1.60 bits per heavy atom. The first-order valence-electron chi connectivity index (χ1n) is 3.94. The Labute approximate surface area is 64.6 Å². The lowest BCUT2D eigenvalue weighted by atomic mass is 9.97. The van der Waals surface area contributed by atoms with Gasteiger partial charge in [-0.3, -0.25) is 0 Å². The Kier molecular flexibility index (Phi) is 5.00. The van der Waals surface area contributed by atoms with Crippen molar-refractivity contribution >= 4 is 0 Å². The lowest BCUT2D eigenvalue weighted by Crippen LogP contribution is -1.94. The number of hydrogen-bond donors (Lipinski definition) is 0. The molecule has 0 N–H and O–H groups in total. The van der Waals surface area contributed by atoms with E-state index in [1.165, 1.54) is 0 Å². The van der Waals surface area contributed by atoms with Crippen molar-refractivity contribution in [2.24, 2.45) is 5.92 Å². The van der Waals surface area contributed by atoms with E-state index in [-0.39, 0.29) is 0 Å². The van der Waals surface area contributed by atoms with E-state index in [9.17, 15) is 0 Å². The second kappa shape index (κ2) is 5.28. The molecule has 0 fully saturated rings. The average Bonchev–Trinajstić information content (AvgIpc) is 1.98. The van der Waals surface area contributed by atoms with Crippen molar-refractivity contribution < 1.29 is 0 Å². The first-order valence-corrected chi connectivity index (χ1v) is 3.94. The van der Waals surface area contributed by atoms with Crippen LogP contribution in [-0.2, 0) is 0 Å². The summed E-state index contributed by atoms with van der Waals surface area (Å²) in [5, 5.41) is 0. The molecular formula is C10H17. The molecule has 0 aromatic heterocycles. The van der Waals surface area contributed by atoms with Gasteiger partial charge in [-0.1, -0.05) is 38.2 Å². The predicted octanol–water partition coefficient (Wildman–Crippen LogP) is 3.36. The van der Waals surface area contributed by atoms with Crippen LogP contribution in [0, 0.1) is 12.5 Å². The molecular weight excluding hydrogens is 120 g/mol. The lowest BCUT2D eigenvalue weighted by Gasteiger charge is -2.08. The van der Waals surface area contributed by atoms with Crippen LogP contribution in [0.2, 0.25) is 0 Å². The molecule has 0 amide bonds. The van der Waals surface area contributed by atoms with Gasteiger partial charge in [0, 0.05) is 0 Å². The summed E-state index contributed by atoms with van der Waals surface area (Å²) in [7, 11) is 0. The maximum absolute atomic E-state index is 5.78. The van der Waals surface area contributed by atoms with E-state index in [0.29, 0.717) is 5.92 Å². The van der Waals surface area contributed by atoms with Crippen LogP contribution in [0.25, 0.3) is 0 Å². The van der Waals surface area contributed by atoms with Gasteiger partial charge >= 0.3 is 0 Å². The van der Waals surface area contributed by atoms with Crippen LogP contribution >= 0.6 is 0 Å². The number of allylic oxidation sites excluding steroid dienone is 3. The summed E-state index contributed by atoms with van der Waals surface area (Å²) >= 11 is 0. The van der Waals surface area contributed by atoms with Crippen molar-refractivity contribution in [2.75, 3.05) is 0 Å². The molecule has 0 saturated carbocycles. The van der Waals surface area contributed by atoms with Gasteiger partial charge < -0.3 is 0 Å². The van der Waals surface area contributed by atoms with E-state index in [0.717, 1.165) is 18.4 Å². The van der Waals surface area contributed by atoms with Gasteiger partial charge in [0.15, 0.2) is 0 Å². The standard InChI is InChI=1S/C10H17/c1-5-7-8-10(4)9(3)6-2/h4-5,7,9H,6,8H2,1-3H3. The smallest absolute Gasteiger partial charge is 0.0133 e. The molecule has 57 valence electrons. The summed E-state index contributed by atoms with van der Waals surface area (Å²) in [6, 6.07) is 0. The number of hydrogen-bond acceptors (Lipinski definition) is 0. The molecule has 0 rings (SSSR count). The van der Waals surface area contributed by atoms with Gasteiger partial charge in [0.05, 0.1) is 0 Å². The zero-order chi connectivity index (χ0) is 7.98.